The second-order valence-electron chi connectivity index (χ2n) is 4.64. The van der Waals surface area contributed by atoms with Crippen LogP contribution >= 0.6 is 0 Å². The molecular weight excluding hydrogens is 178 g/mol. The molecule has 1 rings (SSSR count). The minimum atomic E-state index is 0.00771. The smallest absolute Gasteiger partial charge is 0.220 e. The molecule has 0 saturated heterocycles. The number of nitrogens with one attached hydrogen (secondary N) is 1. The van der Waals surface area contributed by atoms with E-state index in [1.54, 1.807) is 0 Å². The summed E-state index contributed by atoms with van der Waals surface area (Å²) in [7, 11) is 0. The summed E-state index contributed by atoms with van der Waals surface area (Å²) < 4.78 is 0. The molecule has 0 unspecified atom stereocenters. The summed E-state index contributed by atoms with van der Waals surface area (Å²) in [6, 6.07) is 0. The van der Waals surface area contributed by atoms with Crippen molar-refractivity contribution in [3.63, 3.8) is 0 Å². The van der Waals surface area contributed by atoms with E-state index >= 15 is 0 Å². The Morgan fingerprint density at radius 1 is 1.29 bits per heavy atom. The van der Waals surface area contributed by atoms with Crippen molar-refractivity contribution in [1.82, 2.24) is 5.32 Å². The first-order valence-corrected chi connectivity index (χ1v) is 5.28. The zero-order valence-corrected chi connectivity index (χ0v) is 9.06. The molecular formula is C11H19NO2. The standard InChI is InChI=1S/C11H19NO2/c1-9(13)4-5-10(14)12-8-11(2)6-3-7-11/h3-8H2,1-2H3,(H,12,14). The fourth-order valence-corrected chi connectivity index (χ4v) is 1.65. The Kier molecular flexibility index (Phi) is 3.67. The molecule has 0 spiro atoms. The molecule has 3 nitrogen and oxygen atoms in total. The largest absolute Gasteiger partial charge is 0.356 e. The number of Topliss-reactive ketones (excluding diaryl/α,β-unsaturated/α-hetero) is 1. The Labute approximate surface area is 85.3 Å². The summed E-state index contributed by atoms with van der Waals surface area (Å²) in [5.41, 5.74) is 0.325. The maximum atomic E-state index is 11.3. The lowest BCUT2D eigenvalue weighted by molar-refractivity contribution is -0.125. The summed E-state index contributed by atoms with van der Waals surface area (Å²) in [6.45, 7) is 4.48. The summed E-state index contributed by atoms with van der Waals surface area (Å²) in [5, 5.41) is 2.89. The van der Waals surface area contributed by atoms with Crippen molar-refractivity contribution >= 4 is 11.7 Å². The molecule has 80 valence electrons. The number of amides is 1. The highest BCUT2D eigenvalue weighted by Gasteiger charge is 2.31. The number of ketones is 1. The van der Waals surface area contributed by atoms with Crippen LogP contribution in [-0.4, -0.2) is 18.2 Å². The van der Waals surface area contributed by atoms with Crippen LogP contribution in [0.5, 0.6) is 0 Å². The molecule has 0 bridgehead atoms. The number of rotatable bonds is 5. The maximum absolute atomic E-state index is 11.3. The highest BCUT2D eigenvalue weighted by molar-refractivity contribution is 5.83. The molecule has 1 amide bonds. The van der Waals surface area contributed by atoms with Gasteiger partial charge in [0, 0.05) is 19.4 Å². The monoisotopic (exact) mass is 197 g/mol. The van der Waals surface area contributed by atoms with Crippen LogP contribution in [0.2, 0.25) is 0 Å². The first kappa shape index (κ1) is 11.2. The molecule has 0 aliphatic heterocycles. The van der Waals surface area contributed by atoms with Crippen molar-refractivity contribution in [1.29, 1.82) is 0 Å². The molecule has 3 heteroatoms. The quantitative estimate of drug-likeness (QED) is 0.728. The Balaban J connectivity index is 2.11. The lowest BCUT2D eigenvalue weighted by atomic mass is 9.70. The summed E-state index contributed by atoms with van der Waals surface area (Å²) in [6.07, 6.45) is 4.40. The van der Waals surface area contributed by atoms with E-state index in [0.717, 1.165) is 6.54 Å². The Hall–Kier alpha value is -0.860. The predicted molar refractivity (Wildman–Crippen MR) is 54.9 cm³/mol. The van der Waals surface area contributed by atoms with Crippen molar-refractivity contribution in [2.45, 2.75) is 46.0 Å². The molecule has 0 aromatic heterocycles. The highest BCUT2D eigenvalue weighted by Crippen LogP contribution is 2.39. The van der Waals surface area contributed by atoms with E-state index in [1.165, 1.54) is 26.2 Å². The Bertz CT molecular complexity index is 231. The Morgan fingerprint density at radius 2 is 1.93 bits per heavy atom. The van der Waals surface area contributed by atoms with Crippen LogP contribution in [0.25, 0.3) is 0 Å². The lowest BCUT2D eigenvalue weighted by Crippen LogP contribution is -2.39. The first-order valence-electron chi connectivity index (χ1n) is 5.28. The van der Waals surface area contributed by atoms with Gasteiger partial charge in [-0.15, -0.1) is 0 Å². The molecule has 0 heterocycles. The zero-order chi connectivity index (χ0) is 10.6. The third-order valence-electron chi connectivity index (χ3n) is 2.98. The molecule has 1 N–H and O–H groups in total. The summed E-state index contributed by atoms with van der Waals surface area (Å²) in [4.78, 5) is 21.9. The molecule has 1 saturated carbocycles. The van der Waals surface area contributed by atoms with Gasteiger partial charge in [0.25, 0.3) is 0 Å². The van der Waals surface area contributed by atoms with Gasteiger partial charge in [0.2, 0.25) is 5.91 Å². The van der Waals surface area contributed by atoms with Crippen LogP contribution in [0.3, 0.4) is 0 Å². The van der Waals surface area contributed by atoms with Gasteiger partial charge in [-0.3, -0.25) is 4.79 Å². The van der Waals surface area contributed by atoms with Gasteiger partial charge in [0.1, 0.15) is 5.78 Å². The third kappa shape index (κ3) is 3.48. The highest BCUT2D eigenvalue weighted by atomic mass is 16.2. The second kappa shape index (κ2) is 4.58. The van der Waals surface area contributed by atoms with Crippen LogP contribution < -0.4 is 5.32 Å². The molecule has 0 aromatic rings. The van der Waals surface area contributed by atoms with Gasteiger partial charge in [0.05, 0.1) is 0 Å². The lowest BCUT2D eigenvalue weighted by Gasteiger charge is -2.38. The summed E-state index contributed by atoms with van der Waals surface area (Å²) >= 11 is 0. The van der Waals surface area contributed by atoms with E-state index in [2.05, 4.69) is 12.2 Å². The normalized spacial score (nSPS) is 18.4. The van der Waals surface area contributed by atoms with Crippen LogP contribution in [0, 0.1) is 5.41 Å². The van der Waals surface area contributed by atoms with E-state index in [0.29, 0.717) is 18.3 Å². The Morgan fingerprint density at radius 3 is 2.36 bits per heavy atom. The average Bonchev–Trinajstić information content (AvgIpc) is 2.08. The van der Waals surface area contributed by atoms with Gasteiger partial charge < -0.3 is 10.1 Å². The SMILES string of the molecule is CC(=O)CCC(=O)NCC1(C)CCC1. The maximum Gasteiger partial charge on any atom is 0.220 e. The van der Waals surface area contributed by atoms with Crippen LogP contribution in [0.1, 0.15) is 46.0 Å². The minimum absolute atomic E-state index is 0.00771. The fourth-order valence-electron chi connectivity index (χ4n) is 1.65. The van der Waals surface area contributed by atoms with Gasteiger partial charge in [-0.25, -0.2) is 0 Å². The molecule has 0 radical (unpaired) electrons. The molecule has 1 fully saturated rings. The van der Waals surface area contributed by atoms with Gasteiger partial charge in [-0.2, -0.15) is 0 Å². The number of carbonyl (C=O) groups excluding carboxylic acids is 2. The minimum Gasteiger partial charge on any atom is -0.356 e. The van der Waals surface area contributed by atoms with E-state index in [4.69, 9.17) is 0 Å². The molecule has 1 aliphatic carbocycles. The molecule has 0 aromatic carbocycles. The third-order valence-corrected chi connectivity index (χ3v) is 2.98. The number of hydrogen-bond acceptors (Lipinski definition) is 2. The van der Waals surface area contributed by atoms with Crippen LogP contribution in [0.4, 0.5) is 0 Å². The van der Waals surface area contributed by atoms with Crippen molar-refractivity contribution < 1.29 is 9.59 Å². The molecule has 14 heavy (non-hydrogen) atoms. The van der Waals surface area contributed by atoms with Crippen molar-refractivity contribution in [3.05, 3.63) is 0 Å². The van der Waals surface area contributed by atoms with Crippen molar-refractivity contribution in [3.8, 4) is 0 Å². The number of carbonyl (C=O) groups is 2. The predicted octanol–water partition coefficient (Wildman–Crippen LogP) is 1.66. The summed E-state index contributed by atoms with van der Waals surface area (Å²) in [5.74, 6) is 0.0864. The van der Waals surface area contributed by atoms with Gasteiger partial charge in [0.15, 0.2) is 0 Å². The topological polar surface area (TPSA) is 46.2 Å². The van der Waals surface area contributed by atoms with Crippen LogP contribution in [-0.2, 0) is 9.59 Å². The van der Waals surface area contributed by atoms with Crippen LogP contribution in [0.15, 0.2) is 0 Å². The van der Waals surface area contributed by atoms with Gasteiger partial charge >= 0.3 is 0 Å². The second-order valence-corrected chi connectivity index (χ2v) is 4.64. The van der Waals surface area contributed by atoms with Crippen molar-refractivity contribution in [2.24, 2.45) is 5.41 Å². The van der Waals surface area contributed by atoms with Gasteiger partial charge in [-0.1, -0.05) is 13.3 Å². The van der Waals surface area contributed by atoms with Gasteiger partial charge in [-0.05, 0) is 25.2 Å². The fraction of sp³-hybridized carbons (Fsp3) is 0.818. The van der Waals surface area contributed by atoms with E-state index < -0.39 is 0 Å². The van der Waals surface area contributed by atoms with E-state index in [-0.39, 0.29) is 11.7 Å². The molecule has 1 aliphatic rings. The van der Waals surface area contributed by atoms with E-state index in [9.17, 15) is 9.59 Å². The first-order chi connectivity index (χ1) is 6.52. The number of hydrogen-bond donors (Lipinski definition) is 1. The van der Waals surface area contributed by atoms with Crippen molar-refractivity contribution in [2.75, 3.05) is 6.54 Å². The average molecular weight is 197 g/mol. The molecule has 0 atom stereocenters. The van der Waals surface area contributed by atoms with E-state index in [1.807, 2.05) is 0 Å². The zero-order valence-electron chi connectivity index (χ0n) is 9.06.